The van der Waals surface area contributed by atoms with Crippen LogP contribution in [-0.4, -0.2) is 17.8 Å². The molecule has 0 aromatic rings. The molecule has 0 amide bonds. The number of hydrogen-bond donors (Lipinski definition) is 1. The van der Waals surface area contributed by atoms with Gasteiger partial charge in [0.05, 0.1) is 6.10 Å². The Labute approximate surface area is 56.1 Å². The second-order valence-electron chi connectivity index (χ2n) is 2.82. The van der Waals surface area contributed by atoms with E-state index in [-0.39, 0.29) is 12.0 Å². The van der Waals surface area contributed by atoms with E-state index in [1.807, 2.05) is 0 Å². The van der Waals surface area contributed by atoms with Crippen LogP contribution in [0.3, 0.4) is 0 Å². The van der Waals surface area contributed by atoms with Crippen LogP contribution in [0.2, 0.25) is 0 Å². The number of hydrogen-bond acceptors (Lipinski definition) is 1. The first-order valence-corrected chi connectivity index (χ1v) is 3.67. The van der Waals surface area contributed by atoms with E-state index in [0.29, 0.717) is 6.54 Å². The molecular weight excluding hydrogens is 114 g/mol. The molecule has 0 aromatic heterocycles. The summed E-state index contributed by atoms with van der Waals surface area (Å²) in [6.07, 6.45) is 4.17. The Morgan fingerprint density at radius 1 is 1.33 bits per heavy atom. The minimum absolute atomic E-state index is 0.170. The maximum absolute atomic E-state index is 9.25. The number of aliphatic hydroxyl groups is 1. The highest BCUT2D eigenvalue weighted by molar-refractivity contribution is 4.74. The molecule has 1 rings (SSSR count). The Kier molecular flexibility index (Phi) is 2.49. The van der Waals surface area contributed by atoms with E-state index in [0.717, 1.165) is 19.3 Å². The van der Waals surface area contributed by atoms with Gasteiger partial charge in [-0.15, -0.1) is 0 Å². The van der Waals surface area contributed by atoms with E-state index >= 15 is 0 Å². The summed E-state index contributed by atoms with van der Waals surface area (Å²) in [5.41, 5.74) is 7.07. The lowest BCUT2D eigenvalue weighted by molar-refractivity contribution is 0.0735. The zero-order valence-electron chi connectivity index (χ0n) is 5.64. The van der Waals surface area contributed by atoms with Gasteiger partial charge in [0.15, 0.2) is 0 Å². The Morgan fingerprint density at radius 2 is 2.00 bits per heavy atom. The van der Waals surface area contributed by atoms with Crippen molar-refractivity contribution in [1.82, 2.24) is 5.73 Å². The van der Waals surface area contributed by atoms with Gasteiger partial charge in [-0.1, -0.05) is 12.8 Å². The maximum Gasteiger partial charge on any atom is 0.0581 e. The van der Waals surface area contributed by atoms with Crippen LogP contribution < -0.4 is 5.73 Å². The van der Waals surface area contributed by atoms with E-state index < -0.39 is 0 Å². The fourth-order valence-electron chi connectivity index (χ4n) is 1.43. The molecule has 0 spiro atoms. The normalized spacial score (nSPS) is 36.7. The SMILES string of the molecule is [NH]C[C@@H]1CCCC[C@H]1O. The van der Waals surface area contributed by atoms with Crippen LogP contribution in [0.5, 0.6) is 0 Å². The summed E-state index contributed by atoms with van der Waals surface area (Å²) in [4.78, 5) is 0. The molecule has 2 atom stereocenters. The first kappa shape index (κ1) is 7.03. The van der Waals surface area contributed by atoms with Gasteiger partial charge in [0.25, 0.3) is 0 Å². The van der Waals surface area contributed by atoms with Gasteiger partial charge in [-0.25, -0.2) is 0 Å². The van der Waals surface area contributed by atoms with Gasteiger partial charge in [-0.05, 0) is 18.8 Å². The average molecular weight is 128 g/mol. The third kappa shape index (κ3) is 1.66. The molecule has 1 aliphatic rings. The summed E-state index contributed by atoms with van der Waals surface area (Å²) in [7, 11) is 0. The third-order valence-corrected chi connectivity index (χ3v) is 2.13. The van der Waals surface area contributed by atoms with Crippen molar-refractivity contribution >= 4 is 0 Å². The van der Waals surface area contributed by atoms with Crippen molar-refractivity contribution in [3.05, 3.63) is 0 Å². The largest absolute Gasteiger partial charge is 0.393 e. The molecule has 1 fully saturated rings. The number of aliphatic hydroxyl groups excluding tert-OH is 1. The molecule has 9 heavy (non-hydrogen) atoms. The van der Waals surface area contributed by atoms with Crippen molar-refractivity contribution in [2.45, 2.75) is 31.8 Å². The van der Waals surface area contributed by atoms with E-state index in [2.05, 4.69) is 0 Å². The lowest BCUT2D eigenvalue weighted by Crippen LogP contribution is -2.27. The summed E-state index contributed by atoms with van der Waals surface area (Å²) in [6, 6.07) is 0. The van der Waals surface area contributed by atoms with Crippen molar-refractivity contribution < 1.29 is 5.11 Å². The summed E-state index contributed by atoms with van der Waals surface area (Å²) < 4.78 is 0. The summed E-state index contributed by atoms with van der Waals surface area (Å²) in [5.74, 6) is 0.277. The molecule has 53 valence electrons. The Balaban J connectivity index is 2.30. The van der Waals surface area contributed by atoms with Crippen LogP contribution in [0.4, 0.5) is 0 Å². The van der Waals surface area contributed by atoms with E-state index in [1.54, 1.807) is 0 Å². The van der Waals surface area contributed by atoms with Gasteiger partial charge in [0.2, 0.25) is 0 Å². The standard InChI is InChI=1S/C7H14NO/c8-5-6-3-1-2-4-7(6)9/h6-9H,1-5H2/t6-,7+/m0/s1. The van der Waals surface area contributed by atoms with Crippen molar-refractivity contribution in [3.63, 3.8) is 0 Å². The van der Waals surface area contributed by atoms with Crippen molar-refractivity contribution in [2.75, 3.05) is 6.54 Å². The molecule has 1 radical (unpaired) electrons. The van der Waals surface area contributed by atoms with Crippen LogP contribution >= 0.6 is 0 Å². The Hall–Kier alpha value is -0.0800. The highest BCUT2D eigenvalue weighted by atomic mass is 16.3. The molecule has 0 aromatic carbocycles. The lowest BCUT2D eigenvalue weighted by atomic mass is 9.87. The smallest absolute Gasteiger partial charge is 0.0581 e. The van der Waals surface area contributed by atoms with Gasteiger partial charge in [-0.2, -0.15) is 0 Å². The van der Waals surface area contributed by atoms with Gasteiger partial charge >= 0.3 is 0 Å². The monoisotopic (exact) mass is 128 g/mol. The van der Waals surface area contributed by atoms with Crippen LogP contribution in [0.15, 0.2) is 0 Å². The van der Waals surface area contributed by atoms with Crippen LogP contribution in [0.1, 0.15) is 25.7 Å². The minimum Gasteiger partial charge on any atom is -0.393 e. The maximum atomic E-state index is 9.25. The van der Waals surface area contributed by atoms with Crippen molar-refractivity contribution in [2.24, 2.45) is 5.92 Å². The van der Waals surface area contributed by atoms with E-state index in [4.69, 9.17) is 5.73 Å². The fourth-order valence-corrected chi connectivity index (χ4v) is 1.43. The highest BCUT2D eigenvalue weighted by Crippen LogP contribution is 2.23. The second kappa shape index (κ2) is 3.18. The molecule has 2 N–H and O–H groups in total. The molecule has 0 bridgehead atoms. The minimum atomic E-state index is -0.170. The first-order valence-electron chi connectivity index (χ1n) is 3.67. The molecule has 0 heterocycles. The zero-order valence-corrected chi connectivity index (χ0v) is 5.64. The molecule has 0 aliphatic heterocycles. The van der Waals surface area contributed by atoms with Crippen molar-refractivity contribution in [3.8, 4) is 0 Å². The van der Waals surface area contributed by atoms with Gasteiger partial charge in [0, 0.05) is 6.54 Å². The van der Waals surface area contributed by atoms with E-state index in [9.17, 15) is 5.11 Å². The van der Waals surface area contributed by atoms with Gasteiger partial charge in [0.1, 0.15) is 0 Å². The quantitative estimate of drug-likeness (QED) is 0.558. The molecule has 0 saturated heterocycles. The van der Waals surface area contributed by atoms with Gasteiger partial charge < -0.3 is 5.11 Å². The predicted molar refractivity (Wildman–Crippen MR) is 35.9 cm³/mol. The topological polar surface area (TPSA) is 44.0 Å². The number of rotatable bonds is 1. The van der Waals surface area contributed by atoms with E-state index in [1.165, 1.54) is 6.42 Å². The third-order valence-electron chi connectivity index (χ3n) is 2.13. The first-order chi connectivity index (χ1) is 4.34. The summed E-state index contributed by atoms with van der Waals surface area (Å²) in [6.45, 7) is 0.404. The highest BCUT2D eigenvalue weighted by Gasteiger charge is 2.20. The predicted octanol–water partition coefficient (Wildman–Crippen LogP) is 0.820. The average Bonchev–Trinajstić information content (AvgIpc) is 1.89. The molecule has 2 nitrogen and oxygen atoms in total. The molecule has 1 aliphatic carbocycles. The fraction of sp³-hybridized carbons (Fsp3) is 1.00. The molecule has 2 heteroatoms. The summed E-state index contributed by atoms with van der Waals surface area (Å²) in [5, 5.41) is 9.25. The van der Waals surface area contributed by atoms with Crippen LogP contribution in [0, 0.1) is 5.92 Å². The van der Waals surface area contributed by atoms with Crippen molar-refractivity contribution in [1.29, 1.82) is 0 Å². The Morgan fingerprint density at radius 3 is 2.44 bits per heavy atom. The van der Waals surface area contributed by atoms with Gasteiger partial charge in [-0.3, -0.25) is 5.73 Å². The Bertz CT molecular complexity index is 85.0. The van der Waals surface area contributed by atoms with Crippen LogP contribution in [-0.2, 0) is 0 Å². The van der Waals surface area contributed by atoms with Crippen LogP contribution in [0.25, 0.3) is 0 Å². The lowest BCUT2D eigenvalue weighted by Gasteiger charge is -2.25. The number of nitrogens with one attached hydrogen (secondary N) is 1. The molecule has 0 unspecified atom stereocenters. The summed E-state index contributed by atoms with van der Waals surface area (Å²) >= 11 is 0. The molecule has 1 saturated carbocycles. The molecular formula is C7H14NO. The zero-order chi connectivity index (χ0) is 6.69. The second-order valence-corrected chi connectivity index (χ2v) is 2.82.